The molecule has 0 atom stereocenters. The lowest BCUT2D eigenvalue weighted by molar-refractivity contribution is 0.0362. The van der Waals surface area contributed by atoms with Gasteiger partial charge in [-0.25, -0.2) is 0 Å². The zero-order valence-corrected chi connectivity index (χ0v) is 12.8. The lowest BCUT2D eigenvalue weighted by atomic mass is 9.68. The molecular formula is C16H28N2O. The van der Waals surface area contributed by atoms with Gasteiger partial charge in [0.1, 0.15) is 5.76 Å². The second-order valence-electron chi connectivity index (χ2n) is 6.95. The summed E-state index contributed by atoms with van der Waals surface area (Å²) < 4.78 is 5.39. The summed E-state index contributed by atoms with van der Waals surface area (Å²) in [7, 11) is 2.21. The maximum atomic E-state index is 6.13. The number of aryl methyl sites for hydroxylation is 1. The molecule has 0 amide bonds. The Bertz CT molecular complexity index is 412. The van der Waals surface area contributed by atoms with Crippen molar-refractivity contribution < 1.29 is 4.42 Å². The molecule has 2 N–H and O–H groups in total. The number of hydrogen-bond acceptors (Lipinski definition) is 3. The van der Waals surface area contributed by atoms with Crippen LogP contribution in [-0.4, -0.2) is 24.0 Å². The van der Waals surface area contributed by atoms with Crippen molar-refractivity contribution in [1.29, 1.82) is 0 Å². The van der Waals surface area contributed by atoms with E-state index in [0.29, 0.717) is 5.41 Å². The highest BCUT2D eigenvalue weighted by atomic mass is 16.3. The molecule has 3 nitrogen and oxygen atoms in total. The summed E-state index contributed by atoms with van der Waals surface area (Å²) in [4.78, 5) is 2.44. The minimum Gasteiger partial charge on any atom is -0.469 e. The quantitative estimate of drug-likeness (QED) is 0.907. The van der Waals surface area contributed by atoms with Gasteiger partial charge in [0.15, 0.2) is 0 Å². The minimum absolute atomic E-state index is 0.166. The van der Waals surface area contributed by atoms with Gasteiger partial charge in [-0.1, -0.05) is 13.8 Å². The number of hydrogen-bond donors (Lipinski definition) is 1. The zero-order valence-electron chi connectivity index (χ0n) is 12.8. The van der Waals surface area contributed by atoms with Crippen molar-refractivity contribution >= 4 is 0 Å². The van der Waals surface area contributed by atoms with Crippen LogP contribution in [0.4, 0.5) is 0 Å². The maximum Gasteiger partial charge on any atom is 0.105 e. The van der Waals surface area contributed by atoms with E-state index < -0.39 is 0 Å². The standard InChI is InChI=1S/C16H28N2O/c1-13-14(5-10-19-13)11-18(4)16(12-17)8-6-15(2,3)7-9-16/h5,10H,6-9,11-12,17H2,1-4H3. The van der Waals surface area contributed by atoms with Gasteiger partial charge in [0.25, 0.3) is 0 Å². The van der Waals surface area contributed by atoms with Crippen molar-refractivity contribution in [2.24, 2.45) is 11.1 Å². The van der Waals surface area contributed by atoms with Crippen molar-refractivity contribution in [3.8, 4) is 0 Å². The van der Waals surface area contributed by atoms with E-state index in [1.54, 1.807) is 6.26 Å². The average molecular weight is 264 g/mol. The third kappa shape index (κ3) is 3.03. The molecule has 1 aromatic heterocycles. The zero-order chi connectivity index (χ0) is 14.1. The van der Waals surface area contributed by atoms with E-state index in [0.717, 1.165) is 18.8 Å². The highest BCUT2D eigenvalue weighted by Gasteiger charge is 2.40. The molecule has 0 spiro atoms. The lowest BCUT2D eigenvalue weighted by Crippen LogP contribution is -2.54. The summed E-state index contributed by atoms with van der Waals surface area (Å²) in [5.74, 6) is 1.02. The Kier molecular flexibility index (Phi) is 4.07. The molecule has 0 unspecified atom stereocenters. The number of rotatable bonds is 4. The molecule has 1 aliphatic rings. The van der Waals surface area contributed by atoms with Crippen LogP contribution in [0.1, 0.15) is 50.9 Å². The van der Waals surface area contributed by atoms with Gasteiger partial charge >= 0.3 is 0 Å². The van der Waals surface area contributed by atoms with E-state index in [2.05, 4.69) is 31.9 Å². The van der Waals surface area contributed by atoms with Crippen LogP contribution in [-0.2, 0) is 6.54 Å². The highest BCUT2D eigenvalue weighted by molar-refractivity contribution is 5.16. The highest BCUT2D eigenvalue weighted by Crippen LogP contribution is 2.42. The first-order valence-corrected chi connectivity index (χ1v) is 7.33. The molecule has 0 bridgehead atoms. The minimum atomic E-state index is 0.166. The summed E-state index contributed by atoms with van der Waals surface area (Å²) in [5.41, 5.74) is 8.05. The molecule has 0 radical (unpaired) electrons. The number of likely N-dealkylation sites (N-methyl/N-ethyl adjacent to an activating group) is 1. The monoisotopic (exact) mass is 264 g/mol. The van der Waals surface area contributed by atoms with Crippen LogP contribution in [0.25, 0.3) is 0 Å². The van der Waals surface area contributed by atoms with Gasteiger partial charge in [-0.15, -0.1) is 0 Å². The second kappa shape index (κ2) is 5.29. The van der Waals surface area contributed by atoms with Crippen LogP contribution < -0.4 is 5.73 Å². The third-order valence-electron chi connectivity index (χ3n) is 5.10. The van der Waals surface area contributed by atoms with Crippen LogP contribution in [0.15, 0.2) is 16.7 Å². The van der Waals surface area contributed by atoms with Crippen LogP contribution in [0.5, 0.6) is 0 Å². The first-order valence-electron chi connectivity index (χ1n) is 7.33. The molecule has 108 valence electrons. The van der Waals surface area contributed by atoms with Crippen molar-refractivity contribution in [3.05, 3.63) is 23.7 Å². The summed E-state index contributed by atoms with van der Waals surface area (Å²) in [6.07, 6.45) is 6.70. The van der Waals surface area contributed by atoms with Crippen molar-refractivity contribution in [3.63, 3.8) is 0 Å². The molecule has 0 saturated heterocycles. The maximum absolute atomic E-state index is 6.13. The van der Waals surface area contributed by atoms with Crippen LogP contribution >= 0.6 is 0 Å². The SMILES string of the molecule is Cc1occc1CN(C)C1(CN)CCC(C)(C)CC1. The van der Waals surface area contributed by atoms with Gasteiger partial charge in [0.05, 0.1) is 6.26 Å². The largest absolute Gasteiger partial charge is 0.469 e. The van der Waals surface area contributed by atoms with E-state index in [9.17, 15) is 0 Å². The molecule has 3 heteroatoms. The van der Waals surface area contributed by atoms with Crippen LogP contribution in [0.2, 0.25) is 0 Å². The van der Waals surface area contributed by atoms with Crippen molar-refractivity contribution in [1.82, 2.24) is 4.90 Å². The lowest BCUT2D eigenvalue weighted by Gasteiger charge is -2.48. The smallest absolute Gasteiger partial charge is 0.105 e. The third-order valence-corrected chi connectivity index (χ3v) is 5.10. The van der Waals surface area contributed by atoms with Crippen LogP contribution in [0, 0.1) is 12.3 Å². The molecule has 19 heavy (non-hydrogen) atoms. The summed E-state index contributed by atoms with van der Waals surface area (Å²) in [6, 6.07) is 2.07. The van der Waals surface area contributed by atoms with E-state index >= 15 is 0 Å². The van der Waals surface area contributed by atoms with Crippen LogP contribution in [0.3, 0.4) is 0 Å². The first-order chi connectivity index (χ1) is 8.88. The van der Waals surface area contributed by atoms with E-state index in [1.807, 2.05) is 6.92 Å². The molecule has 0 aromatic carbocycles. The van der Waals surface area contributed by atoms with Gasteiger partial charge in [-0.2, -0.15) is 0 Å². The summed E-state index contributed by atoms with van der Waals surface area (Å²) >= 11 is 0. The number of nitrogens with zero attached hydrogens (tertiary/aromatic N) is 1. The summed E-state index contributed by atoms with van der Waals surface area (Å²) in [6.45, 7) is 8.44. The number of furan rings is 1. The van der Waals surface area contributed by atoms with E-state index in [1.165, 1.54) is 31.2 Å². The molecule has 1 aliphatic carbocycles. The molecule has 1 heterocycles. The Morgan fingerprint density at radius 1 is 1.26 bits per heavy atom. The molecule has 1 saturated carbocycles. The Labute approximate surface area is 117 Å². The average Bonchev–Trinajstić information content (AvgIpc) is 2.76. The Balaban J connectivity index is 2.07. The van der Waals surface area contributed by atoms with E-state index in [-0.39, 0.29) is 5.54 Å². The second-order valence-corrected chi connectivity index (χ2v) is 6.95. The molecule has 1 aromatic rings. The fourth-order valence-electron chi connectivity index (χ4n) is 3.13. The van der Waals surface area contributed by atoms with Crippen molar-refractivity contribution in [2.45, 2.75) is 58.5 Å². The fraction of sp³-hybridized carbons (Fsp3) is 0.750. The normalized spacial score (nSPS) is 21.8. The van der Waals surface area contributed by atoms with Gasteiger partial charge < -0.3 is 10.2 Å². The van der Waals surface area contributed by atoms with Crippen molar-refractivity contribution in [2.75, 3.05) is 13.6 Å². The summed E-state index contributed by atoms with van der Waals surface area (Å²) in [5, 5.41) is 0. The molecule has 2 rings (SSSR count). The number of nitrogens with two attached hydrogens (primary N) is 1. The topological polar surface area (TPSA) is 42.4 Å². The molecule has 1 fully saturated rings. The molecule has 0 aliphatic heterocycles. The van der Waals surface area contributed by atoms with E-state index in [4.69, 9.17) is 10.2 Å². The fourth-order valence-corrected chi connectivity index (χ4v) is 3.13. The predicted octanol–water partition coefficient (Wildman–Crippen LogP) is 3.32. The first kappa shape index (κ1) is 14.6. The molecular weight excluding hydrogens is 236 g/mol. The van der Waals surface area contributed by atoms with Gasteiger partial charge in [-0.3, -0.25) is 4.90 Å². The van der Waals surface area contributed by atoms with Gasteiger partial charge in [0, 0.05) is 24.2 Å². The van der Waals surface area contributed by atoms with Gasteiger partial charge in [0.2, 0.25) is 0 Å². The van der Waals surface area contributed by atoms with Gasteiger partial charge in [-0.05, 0) is 51.1 Å². The Morgan fingerprint density at radius 3 is 2.37 bits per heavy atom. The Morgan fingerprint density at radius 2 is 1.89 bits per heavy atom. The Hall–Kier alpha value is -0.800. The predicted molar refractivity (Wildman–Crippen MR) is 78.9 cm³/mol.